The van der Waals surface area contributed by atoms with Crippen molar-refractivity contribution in [1.82, 2.24) is 10.6 Å². The summed E-state index contributed by atoms with van der Waals surface area (Å²) >= 11 is 0. The molecule has 4 atom stereocenters. The normalized spacial score (nSPS) is 41.4. The topological polar surface area (TPSA) is 41.1 Å². The molecule has 0 aromatic rings. The molecule has 0 heterocycles. The molecule has 0 aromatic carbocycles. The zero-order valence-electron chi connectivity index (χ0n) is 10.7. The summed E-state index contributed by atoms with van der Waals surface area (Å²) in [6, 6.07) is 0. The molecule has 0 saturated heterocycles. The standard InChI is InChI=1S/C14H24N2O/c1-2-15-6-3-7-16-14(17)13-11-9-4-5-10(8-9)12(11)13/h9-13,15H,2-8H2,1H3,(H,16,17). The number of fused-ring (bicyclic) bond motifs is 5. The molecule has 3 heteroatoms. The molecule has 0 aromatic heterocycles. The number of carbonyl (C=O) groups is 1. The van der Waals surface area contributed by atoms with Gasteiger partial charge >= 0.3 is 0 Å². The van der Waals surface area contributed by atoms with Crippen LogP contribution in [-0.2, 0) is 4.79 Å². The van der Waals surface area contributed by atoms with Crippen LogP contribution in [0.3, 0.4) is 0 Å². The van der Waals surface area contributed by atoms with Gasteiger partial charge in [-0.15, -0.1) is 0 Å². The van der Waals surface area contributed by atoms with Gasteiger partial charge in [0, 0.05) is 12.5 Å². The predicted octanol–water partition coefficient (Wildman–Crippen LogP) is 1.39. The Morgan fingerprint density at radius 3 is 2.53 bits per heavy atom. The summed E-state index contributed by atoms with van der Waals surface area (Å²) in [7, 11) is 0. The molecule has 3 aliphatic carbocycles. The van der Waals surface area contributed by atoms with Crippen LogP contribution in [0.25, 0.3) is 0 Å². The summed E-state index contributed by atoms with van der Waals surface area (Å²) in [6.07, 6.45) is 5.28. The average Bonchev–Trinajstić information content (AvgIpc) is 2.78. The van der Waals surface area contributed by atoms with Crippen LogP contribution in [0.2, 0.25) is 0 Å². The Hall–Kier alpha value is -0.570. The highest BCUT2D eigenvalue weighted by Crippen LogP contribution is 2.69. The lowest BCUT2D eigenvalue weighted by atomic mass is 10.0. The molecule has 4 unspecified atom stereocenters. The molecule has 3 nitrogen and oxygen atoms in total. The van der Waals surface area contributed by atoms with Gasteiger partial charge in [0.05, 0.1) is 0 Å². The second-order valence-corrected chi connectivity index (χ2v) is 6.01. The summed E-state index contributed by atoms with van der Waals surface area (Å²) in [4.78, 5) is 12.0. The quantitative estimate of drug-likeness (QED) is 0.684. The van der Waals surface area contributed by atoms with Crippen molar-refractivity contribution >= 4 is 5.91 Å². The molecule has 3 fully saturated rings. The van der Waals surface area contributed by atoms with E-state index in [0.717, 1.165) is 49.7 Å². The van der Waals surface area contributed by atoms with Gasteiger partial charge in [0.2, 0.25) is 5.91 Å². The summed E-state index contributed by atoms with van der Waals surface area (Å²) in [6.45, 7) is 4.99. The molecule has 3 rings (SSSR count). The minimum Gasteiger partial charge on any atom is -0.356 e. The molecular weight excluding hydrogens is 212 g/mol. The third-order valence-corrected chi connectivity index (χ3v) is 5.12. The van der Waals surface area contributed by atoms with Crippen LogP contribution in [-0.4, -0.2) is 25.5 Å². The number of amides is 1. The van der Waals surface area contributed by atoms with Crippen LogP contribution in [0.1, 0.15) is 32.6 Å². The molecule has 96 valence electrons. The van der Waals surface area contributed by atoms with E-state index >= 15 is 0 Å². The van der Waals surface area contributed by atoms with Crippen molar-refractivity contribution in [3.63, 3.8) is 0 Å². The van der Waals surface area contributed by atoms with Crippen molar-refractivity contribution < 1.29 is 4.79 Å². The Kier molecular flexibility index (Phi) is 3.12. The lowest BCUT2D eigenvalue weighted by molar-refractivity contribution is -0.123. The van der Waals surface area contributed by atoms with Gasteiger partial charge in [-0.25, -0.2) is 0 Å². The predicted molar refractivity (Wildman–Crippen MR) is 67.5 cm³/mol. The van der Waals surface area contributed by atoms with E-state index in [9.17, 15) is 4.79 Å². The molecule has 0 aliphatic heterocycles. The molecule has 3 aliphatic rings. The van der Waals surface area contributed by atoms with Crippen LogP contribution in [0, 0.1) is 29.6 Å². The van der Waals surface area contributed by atoms with Crippen LogP contribution in [0.5, 0.6) is 0 Å². The van der Waals surface area contributed by atoms with Crippen molar-refractivity contribution in [3.05, 3.63) is 0 Å². The Labute approximate surface area is 104 Å². The molecule has 1 amide bonds. The lowest BCUT2D eigenvalue weighted by Crippen LogP contribution is -2.30. The lowest BCUT2D eigenvalue weighted by Gasteiger charge is -2.09. The van der Waals surface area contributed by atoms with Gasteiger partial charge in [-0.2, -0.15) is 0 Å². The van der Waals surface area contributed by atoms with Crippen LogP contribution >= 0.6 is 0 Å². The first-order valence-electron chi connectivity index (χ1n) is 7.31. The zero-order valence-corrected chi connectivity index (χ0v) is 10.7. The summed E-state index contributed by atoms with van der Waals surface area (Å²) in [5.74, 6) is 4.13. The highest BCUT2D eigenvalue weighted by molar-refractivity contribution is 5.82. The minimum atomic E-state index is 0.355. The van der Waals surface area contributed by atoms with Gasteiger partial charge < -0.3 is 10.6 Å². The molecule has 2 bridgehead atoms. The van der Waals surface area contributed by atoms with Crippen molar-refractivity contribution in [2.75, 3.05) is 19.6 Å². The van der Waals surface area contributed by atoms with Gasteiger partial charge in [0.25, 0.3) is 0 Å². The Balaban J connectivity index is 1.38. The Bertz CT molecular complexity index is 289. The second-order valence-electron chi connectivity index (χ2n) is 6.01. The van der Waals surface area contributed by atoms with Crippen LogP contribution in [0.4, 0.5) is 0 Å². The molecule has 17 heavy (non-hydrogen) atoms. The van der Waals surface area contributed by atoms with Crippen molar-refractivity contribution in [1.29, 1.82) is 0 Å². The van der Waals surface area contributed by atoms with E-state index in [2.05, 4.69) is 17.6 Å². The zero-order chi connectivity index (χ0) is 11.8. The highest BCUT2D eigenvalue weighted by Gasteiger charge is 2.67. The fraction of sp³-hybridized carbons (Fsp3) is 0.929. The second kappa shape index (κ2) is 4.60. The number of hydrogen-bond acceptors (Lipinski definition) is 2. The maximum Gasteiger partial charge on any atom is 0.223 e. The van der Waals surface area contributed by atoms with E-state index in [4.69, 9.17) is 0 Å². The third kappa shape index (κ3) is 1.99. The van der Waals surface area contributed by atoms with E-state index in [1.807, 2.05) is 0 Å². The number of nitrogens with one attached hydrogen (secondary N) is 2. The smallest absolute Gasteiger partial charge is 0.223 e. The number of hydrogen-bond donors (Lipinski definition) is 2. The van der Waals surface area contributed by atoms with E-state index < -0.39 is 0 Å². The van der Waals surface area contributed by atoms with Gasteiger partial charge in [-0.1, -0.05) is 6.92 Å². The fourth-order valence-electron chi connectivity index (χ4n) is 4.40. The SMILES string of the molecule is CCNCCCNC(=O)C1C2C3CCC(C3)C12. The first-order chi connectivity index (χ1) is 8.33. The molecule has 0 radical (unpaired) electrons. The highest BCUT2D eigenvalue weighted by atomic mass is 16.2. The van der Waals surface area contributed by atoms with Gasteiger partial charge in [0.1, 0.15) is 0 Å². The average molecular weight is 236 g/mol. The summed E-state index contributed by atoms with van der Waals surface area (Å²) in [5.41, 5.74) is 0. The van der Waals surface area contributed by atoms with Crippen LogP contribution < -0.4 is 10.6 Å². The minimum absolute atomic E-state index is 0.355. The molecule has 2 N–H and O–H groups in total. The Morgan fingerprint density at radius 2 is 1.88 bits per heavy atom. The maximum atomic E-state index is 12.0. The van der Waals surface area contributed by atoms with Gasteiger partial charge in [-0.05, 0) is 62.4 Å². The molecule has 3 saturated carbocycles. The molecular formula is C14H24N2O. The maximum absolute atomic E-state index is 12.0. The van der Waals surface area contributed by atoms with E-state index in [1.165, 1.54) is 19.3 Å². The van der Waals surface area contributed by atoms with Gasteiger partial charge in [-0.3, -0.25) is 4.79 Å². The van der Waals surface area contributed by atoms with Crippen molar-refractivity contribution in [2.24, 2.45) is 29.6 Å². The largest absolute Gasteiger partial charge is 0.356 e. The summed E-state index contributed by atoms with van der Waals surface area (Å²) < 4.78 is 0. The van der Waals surface area contributed by atoms with E-state index in [0.29, 0.717) is 11.8 Å². The van der Waals surface area contributed by atoms with Crippen molar-refractivity contribution in [2.45, 2.75) is 32.6 Å². The summed E-state index contributed by atoms with van der Waals surface area (Å²) in [5, 5.41) is 6.40. The van der Waals surface area contributed by atoms with Gasteiger partial charge in [0.15, 0.2) is 0 Å². The third-order valence-electron chi connectivity index (χ3n) is 5.12. The molecule has 0 spiro atoms. The fourth-order valence-corrected chi connectivity index (χ4v) is 4.40. The van der Waals surface area contributed by atoms with E-state index in [1.54, 1.807) is 0 Å². The van der Waals surface area contributed by atoms with Crippen molar-refractivity contribution in [3.8, 4) is 0 Å². The number of carbonyl (C=O) groups excluding carboxylic acids is 1. The number of rotatable bonds is 6. The first kappa shape index (κ1) is 11.5. The van der Waals surface area contributed by atoms with E-state index in [-0.39, 0.29) is 0 Å². The monoisotopic (exact) mass is 236 g/mol. The Morgan fingerprint density at radius 1 is 1.18 bits per heavy atom. The van der Waals surface area contributed by atoms with Crippen LogP contribution in [0.15, 0.2) is 0 Å². The first-order valence-corrected chi connectivity index (χ1v) is 7.31.